The van der Waals surface area contributed by atoms with Crippen LogP contribution in [-0.2, 0) is 11.3 Å². The summed E-state index contributed by atoms with van der Waals surface area (Å²) in [6.07, 6.45) is 9.31. The minimum atomic E-state index is -1.03. The van der Waals surface area contributed by atoms with E-state index >= 15 is 0 Å². The molecule has 0 atom stereocenters. The summed E-state index contributed by atoms with van der Waals surface area (Å²) in [5, 5.41) is 5.48. The molecule has 0 unspecified atom stereocenters. The minimum absolute atomic E-state index is 0.0723. The lowest BCUT2D eigenvalue weighted by molar-refractivity contribution is -0.110. The second-order valence-electron chi connectivity index (χ2n) is 8.83. The lowest BCUT2D eigenvalue weighted by Crippen LogP contribution is -2.33. The molecule has 0 fully saturated rings. The van der Waals surface area contributed by atoms with Crippen LogP contribution in [-0.4, -0.2) is 37.9 Å². The molecule has 2 amide bonds. The average Bonchev–Trinajstić information content (AvgIpc) is 3.46. The molecule has 0 saturated heterocycles. The minimum Gasteiger partial charge on any atom is -0.348 e. The van der Waals surface area contributed by atoms with Crippen LogP contribution in [0.25, 0.3) is 17.7 Å². The lowest BCUT2D eigenvalue weighted by atomic mass is 10.0. The van der Waals surface area contributed by atoms with Gasteiger partial charge in [-0.25, -0.2) is 18.7 Å². The van der Waals surface area contributed by atoms with Crippen molar-refractivity contribution in [2.24, 2.45) is 0 Å². The van der Waals surface area contributed by atoms with Crippen molar-refractivity contribution >= 4 is 35.2 Å². The van der Waals surface area contributed by atoms with Gasteiger partial charge in [-0.3, -0.25) is 19.0 Å². The number of H-pyrrole nitrogens is 1. The predicted octanol–water partition coefficient (Wildman–Crippen LogP) is 3.54. The Labute approximate surface area is 220 Å². The molecule has 5 rings (SSSR count). The van der Waals surface area contributed by atoms with Gasteiger partial charge in [-0.15, -0.1) is 0 Å². The monoisotopic (exact) mass is 528 g/mol. The zero-order valence-electron chi connectivity index (χ0n) is 20.7. The largest absolute Gasteiger partial charge is 0.348 e. The van der Waals surface area contributed by atoms with Gasteiger partial charge < -0.3 is 15.6 Å². The van der Waals surface area contributed by atoms with Crippen molar-refractivity contribution in [3.05, 3.63) is 117 Å². The predicted molar refractivity (Wildman–Crippen MR) is 142 cm³/mol. The van der Waals surface area contributed by atoms with E-state index in [1.807, 2.05) is 25.1 Å². The Bertz CT molecular complexity index is 1720. The average molecular weight is 529 g/mol. The number of carbonyl (C=O) groups excluding carboxylic acids is 2. The van der Waals surface area contributed by atoms with Crippen LogP contribution < -0.4 is 16.2 Å². The highest BCUT2D eigenvalue weighted by Crippen LogP contribution is 2.33. The number of rotatable bonds is 7. The summed E-state index contributed by atoms with van der Waals surface area (Å²) >= 11 is 0. The second kappa shape index (κ2) is 10.7. The van der Waals surface area contributed by atoms with Crippen molar-refractivity contribution in [1.82, 2.24) is 24.8 Å². The van der Waals surface area contributed by atoms with E-state index < -0.39 is 23.1 Å². The van der Waals surface area contributed by atoms with Gasteiger partial charge in [0.2, 0.25) is 0 Å². The van der Waals surface area contributed by atoms with Gasteiger partial charge in [0.15, 0.2) is 11.6 Å². The second-order valence-corrected chi connectivity index (χ2v) is 8.83. The summed E-state index contributed by atoms with van der Waals surface area (Å²) in [6.45, 7) is 1.89. The van der Waals surface area contributed by atoms with Crippen LogP contribution in [0.5, 0.6) is 0 Å². The van der Waals surface area contributed by atoms with Gasteiger partial charge in [-0.05, 0) is 42.3 Å². The first-order valence-electron chi connectivity index (χ1n) is 11.9. The lowest BCUT2D eigenvalue weighted by Gasteiger charge is -2.08. The first-order valence-corrected chi connectivity index (χ1v) is 11.9. The van der Waals surface area contributed by atoms with Gasteiger partial charge in [0.1, 0.15) is 11.4 Å². The summed E-state index contributed by atoms with van der Waals surface area (Å²) in [5.41, 5.74) is 2.97. The number of nitrogens with zero attached hydrogens (tertiary/aromatic N) is 3. The SMILES string of the molecule is Cc1nc(C=C2C(=O)Nc3cc(/C=C/CNC(=O)c4cncn(Cc5ccc(F)c(F)c5)c4=O)ccc32)c[nH]1. The highest BCUT2D eigenvalue weighted by molar-refractivity contribution is 6.34. The number of aryl methyl sites for hydroxylation is 1. The Morgan fingerprint density at radius 1 is 1.13 bits per heavy atom. The molecule has 2 aromatic heterocycles. The summed E-state index contributed by atoms with van der Waals surface area (Å²) in [4.78, 5) is 49.0. The number of nitrogens with one attached hydrogen (secondary N) is 3. The maximum atomic E-state index is 13.5. The number of aromatic amines is 1. The van der Waals surface area contributed by atoms with Crippen molar-refractivity contribution < 1.29 is 18.4 Å². The first kappa shape index (κ1) is 25.5. The number of carbonyl (C=O) groups is 2. The van der Waals surface area contributed by atoms with Crippen molar-refractivity contribution in [3.8, 4) is 0 Å². The van der Waals surface area contributed by atoms with Crippen molar-refractivity contribution in [2.45, 2.75) is 13.5 Å². The summed E-state index contributed by atoms with van der Waals surface area (Å²) in [6, 6.07) is 8.81. The molecule has 196 valence electrons. The number of amides is 2. The topological polar surface area (TPSA) is 122 Å². The summed E-state index contributed by atoms with van der Waals surface area (Å²) in [5.74, 6) is -2.10. The smallest absolute Gasteiger partial charge is 0.266 e. The Kier molecular flexibility index (Phi) is 6.96. The number of aromatic nitrogens is 4. The van der Waals surface area contributed by atoms with E-state index in [-0.39, 0.29) is 24.6 Å². The van der Waals surface area contributed by atoms with Crippen LogP contribution in [0.15, 0.2) is 66.0 Å². The number of benzene rings is 2. The van der Waals surface area contributed by atoms with Crippen molar-refractivity contribution in [1.29, 1.82) is 0 Å². The van der Waals surface area contributed by atoms with Gasteiger partial charge in [-0.2, -0.15) is 0 Å². The highest BCUT2D eigenvalue weighted by atomic mass is 19.2. The van der Waals surface area contributed by atoms with Gasteiger partial charge in [0.05, 0.1) is 24.1 Å². The number of hydrogen-bond donors (Lipinski definition) is 3. The molecule has 0 spiro atoms. The fourth-order valence-corrected chi connectivity index (χ4v) is 4.11. The zero-order chi connectivity index (χ0) is 27.5. The molecule has 3 heterocycles. The zero-order valence-corrected chi connectivity index (χ0v) is 20.7. The number of anilines is 1. The number of fused-ring (bicyclic) bond motifs is 1. The Morgan fingerprint density at radius 2 is 1.97 bits per heavy atom. The fourth-order valence-electron chi connectivity index (χ4n) is 4.11. The molecule has 9 nitrogen and oxygen atoms in total. The maximum absolute atomic E-state index is 13.5. The highest BCUT2D eigenvalue weighted by Gasteiger charge is 2.24. The summed E-state index contributed by atoms with van der Waals surface area (Å²) in [7, 11) is 0. The fraction of sp³-hybridized carbons (Fsp3) is 0.107. The van der Waals surface area contributed by atoms with Gasteiger partial charge >= 0.3 is 0 Å². The van der Waals surface area contributed by atoms with Gasteiger partial charge in [0.25, 0.3) is 17.4 Å². The maximum Gasteiger partial charge on any atom is 0.266 e. The quantitative estimate of drug-likeness (QED) is 0.317. The van der Waals surface area contributed by atoms with Crippen molar-refractivity contribution in [3.63, 3.8) is 0 Å². The number of imidazole rings is 1. The molecule has 0 bridgehead atoms. The first-order chi connectivity index (χ1) is 18.8. The molecule has 11 heteroatoms. The Hall–Kier alpha value is -5.19. The van der Waals surface area contributed by atoms with E-state index in [2.05, 4.69) is 25.6 Å². The van der Waals surface area contributed by atoms with E-state index in [0.717, 1.165) is 39.8 Å². The van der Waals surface area contributed by atoms with Gasteiger partial charge in [-0.1, -0.05) is 30.4 Å². The third-order valence-corrected chi connectivity index (χ3v) is 6.02. The van der Waals surface area contributed by atoms with Crippen LogP contribution >= 0.6 is 0 Å². The molecule has 39 heavy (non-hydrogen) atoms. The molecular formula is C28H22F2N6O3. The molecule has 0 aliphatic carbocycles. The molecule has 2 aromatic carbocycles. The Balaban J connectivity index is 1.22. The molecule has 0 saturated carbocycles. The van der Waals surface area contributed by atoms with Crippen LogP contribution in [0.3, 0.4) is 0 Å². The van der Waals surface area contributed by atoms with Gasteiger partial charge in [0, 0.05) is 30.2 Å². The van der Waals surface area contributed by atoms with Crippen molar-refractivity contribution in [2.75, 3.05) is 11.9 Å². The van der Waals surface area contributed by atoms with E-state index in [4.69, 9.17) is 0 Å². The third kappa shape index (κ3) is 5.57. The van der Waals surface area contributed by atoms with E-state index in [1.165, 1.54) is 12.4 Å². The molecule has 1 aliphatic heterocycles. The number of hydrogen-bond acceptors (Lipinski definition) is 5. The third-order valence-electron chi connectivity index (χ3n) is 6.02. The standard InChI is InChI=1S/C28H22F2N6O3/c1-16-33-12-19(34-16)11-21-20-6-4-17(10-25(20)35-27(21)38)3-2-8-32-26(37)22-13-31-15-36(28(22)39)14-18-5-7-23(29)24(30)9-18/h2-7,9-13,15H,8,14H2,1H3,(H,32,37)(H,33,34)(H,35,38)/b3-2+,21-11?. The summed E-state index contributed by atoms with van der Waals surface area (Å²) < 4.78 is 27.8. The Morgan fingerprint density at radius 3 is 2.74 bits per heavy atom. The molecule has 3 N–H and O–H groups in total. The normalized spacial score (nSPS) is 13.6. The van der Waals surface area contributed by atoms with Crippen LogP contribution in [0.4, 0.5) is 14.5 Å². The van der Waals surface area contributed by atoms with Crippen LogP contribution in [0.2, 0.25) is 0 Å². The molecular weight excluding hydrogens is 506 g/mol. The van der Waals surface area contributed by atoms with E-state index in [9.17, 15) is 23.2 Å². The molecule has 0 radical (unpaired) electrons. The molecule has 4 aromatic rings. The van der Waals surface area contributed by atoms with E-state index in [1.54, 1.807) is 24.4 Å². The number of halogens is 2. The van der Waals surface area contributed by atoms with Crippen LogP contribution in [0, 0.1) is 18.6 Å². The van der Waals surface area contributed by atoms with Crippen LogP contribution in [0.1, 0.15) is 38.6 Å². The van der Waals surface area contributed by atoms with E-state index in [0.29, 0.717) is 22.5 Å². The molecule has 1 aliphatic rings.